The van der Waals surface area contributed by atoms with Gasteiger partial charge in [-0.1, -0.05) is 0 Å². The minimum absolute atomic E-state index is 0.0460. The first-order chi connectivity index (χ1) is 12.2. The van der Waals surface area contributed by atoms with Gasteiger partial charge in [-0.15, -0.1) is 0 Å². The maximum Gasteiger partial charge on any atom is 0.245 e. The Balaban J connectivity index is 1.70. The average Bonchev–Trinajstić information content (AvgIpc) is 2.65. The van der Waals surface area contributed by atoms with Gasteiger partial charge in [-0.2, -0.15) is 10.1 Å². The van der Waals surface area contributed by atoms with E-state index in [1.807, 2.05) is 0 Å². The van der Waals surface area contributed by atoms with E-state index in [9.17, 15) is 9.50 Å². The lowest BCUT2D eigenvalue weighted by Crippen LogP contribution is -2.37. The number of hydrogen-bond donors (Lipinski definition) is 2. The van der Waals surface area contributed by atoms with E-state index in [-0.39, 0.29) is 17.5 Å². The van der Waals surface area contributed by atoms with Crippen molar-refractivity contribution in [2.75, 3.05) is 43.7 Å². The van der Waals surface area contributed by atoms with Gasteiger partial charge in [0.1, 0.15) is 0 Å². The number of methoxy groups -OCH3 is 1. The molecule has 9 heteroatoms. The highest BCUT2D eigenvalue weighted by molar-refractivity contribution is 5.81. The summed E-state index contributed by atoms with van der Waals surface area (Å²) in [6, 6.07) is 4.81. The molecule has 132 valence electrons. The molecule has 1 aliphatic heterocycles. The number of benzene rings is 1. The molecule has 0 atom stereocenters. The van der Waals surface area contributed by atoms with Crippen LogP contribution in [0.15, 0.2) is 29.5 Å². The van der Waals surface area contributed by atoms with Crippen molar-refractivity contribution in [3.05, 3.63) is 35.8 Å². The van der Waals surface area contributed by atoms with Gasteiger partial charge in [0.15, 0.2) is 23.1 Å². The zero-order valence-electron chi connectivity index (χ0n) is 13.6. The Morgan fingerprint density at radius 1 is 1.40 bits per heavy atom. The normalized spacial score (nSPS) is 14.7. The van der Waals surface area contributed by atoms with Crippen molar-refractivity contribution < 1.29 is 19.0 Å². The predicted octanol–water partition coefficient (Wildman–Crippen LogP) is 1.61. The number of nitrogens with zero attached hydrogens (tertiary/aromatic N) is 4. The van der Waals surface area contributed by atoms with Gasteiger partial charge in [0.05, 0.1) is 32.7 Å². The summed E-state index contributed by atoms with van der Waals surface area (Å²) >= 11 is 0. The quantitative estimate of drug-likeness (QED) is 0.627. The Morgan fingerprint density at radius 2 is 2.20 bits per heavy atom. The molecule has 0 spiro atoms. The van der Waals surface area contributed by atoms with Crippen molar-refractivity contribution in [2.45, 2.75) is 0 Å². The highest BCUT2D eigenvalue weighted by Crippen LogP contribution is 2.25. The third-order valence-corrected chi connectivity index (χ3v) is 3.62. The molecule has 2 N–H and O–H groups in total. The number of morpholine rings is 1. The van der Waals surface area contributed by atoms with E-state index in [2.05, 4.69) is 20.5 Å². The first-order valence-corrected chi connectivity index (χ1v) is 7.68. The summed E-state index contributed by atoms with van der Waals surface area (Å²) in [5.41, 5.74) is 3.38. The zero-order valence-corrected chi connectivity index (χ0v) is 13.6. The summed E-state index contributed by atoms with van der Waals surface area (Å²) in [7, 11) is 1.47. The van der Waals surface area contributed by atoms with Crippen LogP contribution < -0.4 is 15.1 Å². The lowest BCUT2D eigenvalue weighted by molar-refractivity contribution is 0.122. The molecule has 1 aromatic heterocycles. The molecule has 0 aliphatic carbocycles. The maximum absolute atomic E-state index is 14.0. The second kappa shape index (κ2) is 7.75. The molecule has 0 radical (unpaired) electrons. The zero-order chi connectivity index (χ0) is 17.6. The van der Waals surface area contributed by atoms with E-state index < -0.39 is 5.82 Å². The van der Waals surface area contributed by atoms with Crippen LogP contribution in [0.4, 0.5) is 16.2 Å². The van der Waals surface area contributed by atoms with Gasteiger partial charge in [0.2, 0.25) is 5.95 Å². The summed E-state index contributed by atoms with van der Waals surface area (Å²) in [5, 5.41) is 13.6. The molecule has 0 bridgehead atoms. The molecule has 0 unspecified atom stereocenters. The van der Waals surface area contributed by atoms with Gasteiger partial charge in [-0.3, -0.25) is 0 Å². The fraction of sp³-hybridized carbons (Fsp3) is 0.312. The van der Waals surface area contributed by atoms with E-state index in [0.29, 0.717) is 37.6 Å². The van der Waals surface area contributed by atoms with E-state index >= 15 is 0 Å². The Morgan fingerprint density at radius 3 is 2.96 bits per heavy atom. The van der Waals surface area contributed by atoms with Crippen LogP contribution in [-0.4, -0.2) is 54.7 Å². The number of rotatable bonds is 5. The van der Waals surface area contributed by atoms with Crippen LogP contribution in [0.5, 0.6) is 11.5 Å². The van der Waals surface area contributed by atoms with Crippen molar-refractivity contribution >= 4 is 18.0 Å². The number of halogens is 1. The topological polar surface area (TPSA) is 92.1 Å². The van der Waals surface area contributed by atoms with Crippen LogP contribution in [0.2, 0.25) is 0 Å². The standard InChI is InChI=1S/C16H18FN5O3/c1-24-14-8-11(2-3-13(14)23)9-19-21-16-18-10-12(17)15(20-16)22-4-6-25-7-5-22/h2-3,8-10,23H,4-7H2,1H3,(H,18,20,21). The molecular formula is C16H18FN5O3. The Bertz CT molecular complexity index is 765. The van der Waals surface area contributed by atoms with Crippen LogP contribution in [0.3, 0.4) is 0 Å². The molecular weight excluding hydrogens is 329 g/mol. The van der Waals surface area contributed by atoms with Crippen LogP contribution in [0, 0.1) is 5.82 Å². The number of phenols is 1. The molecule has 3 rings (SSSR count). The number of aromatic hydroxyl groups is 1. The first kappa shape index (κ1) is 16.9. The maximum atomic E-state index is 14.0. The fourth-order valence-electron chi connectivity index (χ4n) is 2.35. The summed E-state index contributed by atoms with van der Waals surface area (Å²) in [4.78, 5) is 9.85. The number of nitrogens with one attached hydrogen (secondary N) is 1. The van der Waals surface area contributed by atoms with Gasteiger partial charge < -0.3 is 19.5 Å². The SMILES string of the molecule is COc1cc(C=NNc2ncc(F)c(N3CCOCC3)n2)ccc1O. The lowest BCUT2D eigenvalue weighted by atomic mass is 10.2. The van der Waals surface area contributed by atoms with Gasteiger partial charge in [-0.25, -0.2) is 14.8 Å². The second-order valence-electron chi connectivity index (χ2n) is 5.27. The molecule has 1 fully saturated rings. The predicted molar refractivity (Wildman–Crippen MR) is 90.9 cm³/mol. The molecule has 0 amide bonds. The van der Waals surface area contributed by atoms with Gasteiger partial charge >= 0.3 is 0 Å². The summed E-state index contributed by atoms with van der Waals surface area (Å²) in [6.45, 7) is 2.22. The van der Waals surface area contributed by atoms with Crippen LogP contribution in [0.25, 0.3) is 0 Å². The van der Waals surface area contributed by atoms with E-state index in [1.165, 1.54) is 19.4 Å². The molecule has 25 heavy (non-hydrogen) atoms. The smallest absolute Gasteiger partial charge is 0.245 e. The highest BCUT2D eigenvalue weighted by atomic mass is 19.1. The molecule has 8 nitrogen and oxygen atoms in total. The van der Waals surface area contributed by atoms with Crippen molar-refractivity contribution in [1.82, 2.24) is 9.97 Å². The minimum Gasteiger partial charge on any atom is -0.504 e. The molecule has 1 aromatic carbocycles. The molecule has 0 saturated carbocycles. The van der Waals surface area contributed by atoms with Crippen LogP contribution >= 0.6 is 0 Å². The molecule has 2 heterocycles. The molecule has 2 aromatic rings. The van der Waals surface area contributed by atoms with Gasteiger partial charge in [0.25, 0.3) is 0 Å². The van der Waals surface area contributed by atoms with Gasteiger partial charge in [-0.05, 0) is 23.8 Å². The monoisotopic (exact) mass is 347 g/mol. The van der Waals surface area contributed by atoms with E-state index in [4.69, 9.17) is 9.47 Å². The largest absolute Gasteiger partial charge is 0.504 e. The summed E-state index contributed by atoms with van der Waals surface area (Å²) in [6.07, 6.45) is 2.63. The van der Waals surface area contributed by atoms with Gasteiger partial charge in [0, 0.05) is 13.1 Å². The fourth-order valence-corrected chi connectivity index (χ4v) is 2.35. The minimum atomic E-state index is -0.486. The van der Waals surface area contributed by atoms with E-state index in [0.717, 1.165) is 6.20 Å². The number of phenolic OH excluding ortho intramolecular Hbond substituents is 1. The molecule has 1 saturated heterocycles. The number of hydrogen-bond acceptors (Lipinski definition) is 8. The lowest BCUT2D eigenvalue weighted by Gasteiger charge is -2.27. The van der Waals surface area contributed by atoms with Crippen molar-refractivity contribution in [3.63, 3.8) is 0 Å². The van der Waals surface area contributed by atoms with Crippen LogP contribution in [-0.2, 0) is 4.74 Å². The summed E-state index contributed by atoms with van der Waals surface area (Å²) in [5.74, 6) is 0.313. The summed E-state index contributed by atoms with van der Waals surface area (Å²) < 4.78 is 24.2. The third-order valence-electron chi connectivity index (χ3n) is 3.62. The van der Waals surface area contributed by atoms with E-state index in [1.54, 1.807) is 17.0 Å². The highest BCUT2D eigenvalue weighted by Gasteiger charge is 2.17. The average molecular weight is 347 g/mol. The van der Waals surface area contributed by atoms with Crippen molar-refractivity contribution in [2.24, 2.45) is 5.10 Å². The van der Waals surface area contributed by atoms with Crippen molar-refractivity contribution in [3.8, 4) is 11.5 Å². The third kappa shape index (κ3) is 4.13. The Hall–Kier alpha value is -2.94. The Labute approximate surface area is 143 Å². The second-order valence-corrected chi connectivity index (χ2v) is 5.27. The number of anilines is 2. The molecule has 1 aliphatic rings. The van der Waals surface area contributed by atoms with Crippen molar-refractivity contribution in [1.29, 1.82) is 0 Å². The Kier molecular flexibility index (Phi) is 5.24. The first-order valence-electron chi connectivity index (χ1n) is 7.68. The van der Waals surface area contributed by atoms with Crippen LogP contribution in [0.1, 0.15) is 5.56 Å². The number of aromatic nitrogens is 2. The number of hydrazone groups is 1. The number of ether oxygens (including phenoxy) is 2.